The Bertz CT molecular complexity index is 444. The molecule has 2 nitrogen and oxygen atoms in total. The van der Waals surface area contributed by atoms with Gasteiger partial charge in [0, 0.05) is 11.6 Å². The van der Waals surface area contributed by atoms with Crippen molar-refractivity contribution in [2.75, 3.05) is 13.1 Å². The molecule has 0 amide bonds. The van der Waals surface area contributed by atoms with E-state index in [1.807, 2.05) is 19.1 Å². The molecule has 1 aliphatic rings. The van der Waals surface area contributed by atoms with Gasteiger partial charge in [-0.25, -0.2) is 4.39 Å². The maximum Gasteiger partial charge on any atom is 0.128 e. The molecular formula is C18H29FN2. The van der Waals surface area contributed by atoms with Crippen LogP contribution in [0.2, 0.25) is 0 Å². The van der Waals surface area contributed by atoms with Gasteiger partial charge in [-0.2, -0.15) is 0 Å². The highest BCUT2D eigenvalue weighted by atomic mass is 19.1. The average molecular weight is 292 g/mol. The number of halogens is 1. The first kappa shape index (κ1) is 16.4. The highest BCUT2D eigenvalue weighted by Gasteiger charge is 2.35. The highest BCUT2D eigenvalue weighted by molar-refractivity contribution is 5.23. The fourth-order valence-electron chi connectivity index (χ4n) is 3.76. The van der Waals surface area contributed by atoms with Crippen molar-refractivity contribution in [3.8, 4) is 0 Å². The molecule has 0 spiro atoms. The molecule has 0 aliphatic carbocycles. The Morgan fingerprint density at radius 3 is 2.24 bits per heavy atom. The van der Waals surface area contributed by atoms with Crippen molar-refractivity contribution in [3.05, 3.63) is 35.6 Å². The van der Waals surface area contributed by atoms with Gasteiger partial charge in [0.15, 0.2) is 0 Å². The zero-order valence-electron chi connectivity index (χ0n) is 13.6. The van der Waals surface area contributed by atoms with E-state index in [0.29, 0.717) is 5.41 Å². The molecule has 1 aromatic rings. The molecule has 1 aromatic carbocycles. The van der Waals surface area contributed by atoms with Crippen LogP contribution in [-0.4, -0.2) is 24.0 Å². The zero-order chi connectivity index (χ0) is 15.5. The second-order valence-electron chi connectivity index (χ2n) is 6.57. The van der Waals surface area contributed by atoms with Gasteiger partial charge >= 0.3 is 0 Å². The Labute approximate surface area is 128 Å². The Hall–Kier alpha value is -0.930. The molecular weight excluding hydrogens is 263 g/mol. The average Bonchev–Trinajstić information content (AvgIpc) is 2.50. The predicted octanol–water partition coefficient (Wildman–Crippen LogP) is 4.12. The Balaban J connectivity index is 2.17. The van der Waals surface area contributed by atoms with Gasteiger partial charge in [0.2, 0.25) is 0 Å². The lowest BCUT2D eigenvalue weighted by atomic mass is 9.73. The first-order valence-electron chi connectivity index (χ1n) is 8.27. The minimum atomic E-state index is -0.136. The largest absolute Gasteiger partial charge is 0.326 e. The second-order valence-corrected chi connectivity index (χ2v) is 6.57. The maximum atomic E-state index is 14.2. The molecule has 0 aromatic heterocycles. The number of nitrogens with two attached hydrogens (primary N) is 1. The summed E-state index contributed by atoms with van der Waals surface area (Å²) in [5, 5.41) is 0. The number of likely N-dealkylation sites (tertiary alicyclic amines) is 1. The third-order valence-corrected chi connectivity index (χ3v) is 5.47. The zero-order valence-corrected chi connectivity index (χ0v) is 13.6. The van der Waals surface area contributed by atoms with E-state index in [1.165, 1.54) is 31.7 Å². The summed E-state index contributed by atoms with van der Waals surface area (Å²) in [7, 11) is 0. The van der Waals surface area contributed by atoms with E-state index in [2.05, 4.69) is 18.7 Å². The van der Waals surface area contributed by atoms with Gasteiger partial charge in [-0.15, -0.1) is 0 Å². The van der Waals surface area contributed by atoms with E-state index < -0.39 is 0 Å². The quantitative estimate of drug-likeness (QED) is 0.884. The Kier molecular flexibility index (Phi) is 5.39. The number of nitrogens with zero attached hydrogens (tertiary/aromatic N) is 1. The normalized spacial score (nSPS) is 22.0. The van der Waals surface area contributed by atoms with E-state index in [9.17, 15) is 4.39 Å². The molecule has 21 heavy (non-hydrogen) atoms. The van der Waals surface area contributed by atoms with Crippen LogP contribution in [0.1, 0.15) is 58.1 Å². The van der Waals surface area contributed by atoms with E-state index in [1.54, 1.807) is 6.07 Å². The molecule has 3 heteroatoms. The minimum absolute atomic E-state index is 0.0158. The van der Waals surface area contributed by atoms with Crippen LogP contribution in [-0.2, 0) is 0 Å². The first-order valence-corrected chi connectivity index (χ1v) is 8.27. The first-order chi connectivity index (χ1) is 10.0. The fraction of sp³-hybridized carbons (Fsp3) is 0.667. The van der Waals surface area contributed by atoms with E-state index in [4.69, 9.17) is 5.73 Å². The van der Waals surface area contributed by atoms with Crippen LogP contribution < -0.4 is 5.73 Å². The molecule has 2 rings (SSSR count). The number of rotatable bonds is 5. The molecule has 0 radical (unpaired) electrons. The summed E-state index contributed by atoms with van der Waals surface area (Å²) in [6.45, 7) is 8.60. The highest BCUT2D eigenvalue weighted by Crippen LogP contribution is 2.40. The molecule has 2 N–H and O–H groups in total. The van der Waals surface area contributed by atoms with Crippen LogP contribution in [0.5, 0.6) is 0 Å². The van der Waals surface area contributed by atoms with Crippen molar-refractivity contribution >= 4 is 0 Å². The number of hydrogen-bond acceptors (Lipinski definition) is 2. The summed E-state index contributed by atoms with van der Waals surface area (Å²) in [6.07, 6.45) is 4.86. The predicted molar refractivity (Wildman–Crippen MR) is 86.6 cm³/mol. The summed E-state index contributed by atoms with van der Waals surface area (Å²) in [4.78, 5) is 2.38. The molecule has 2 atom stereocenters. The summed E-state index contributed by atoms with van der Waals surface area (Å²) in [6, 6.07) is 6.98. The topological polar surface area (TPSA) is 29.3 Å². The van der Waals surface area contributed by atoms with Crippen molar-refractivity contribution < 1.29 is 4.39 Å². The lowest BCUT2D eigenvalue weighted by Crippen LogP contribution is -2.46. The fourth-order valence-corrected chi connectivity index (χ4v) is 3.76. The van der Waals surface area contributed by atoms with E-state index in [-0.39, 0.29) is 17.9 Å². The lowest BCUT2D eigenvalue weighted by Gasteiger charge is -2.45. The van der Waals surface area contributed by atoms with Crippen molar-refractivity contribution in [3.63, 3.8) is 0 Å². The third kappa shape index (κ3) is 3.46. The Morgan fingerprint density at radius 1 is 1.19 bits per heavy atom. The SMILES string of the molecule is CCC1(CC)CCN(C(c2ccccc2F)C(C)N)CC1. The molecule has 118 valence electrons. The monoisotopic (exact) mass is 292 g/mol. The second kappa shape index (κ2) is 6.89. The van der Waals surface area contributed by atoms with Gasteiger partial charge in [-0.1, -0.05) is 44.9 Å². The van der Waals surface area contributed by atoms with Gasteiger partial charge in [0.25, 0.3) is 0 Å². The number of piperidine rings is 1. The van der Waals surface area contributed by atoms with Crippen molar-refractivity contribution in [2.45, 2.75) is 58.5 Å². The van der Waals surface area contributed by atoms with Crippen molar-refractivity contribution in [2.24, 2.45) is 11.1 Å². The van der Waals surface area contributed by atoms with Crippen LogP contribution in [0.15, 0.2) is 24.3 Å². The number of benzene rings is 1. The van der Waals surface area contributed by atoms with Crippen LogP contribution in [0.4, 0.5) is 4.39 Å². The summed E-state index contributed by atoms with van der Waals surface area (Å²) in [5.74, 6) is -0.136. The summed E-state index contributed by atoms with van der Waals surface area (Å²) < 4.78 is 14.2. The maximum absolute atomic E-state index is 14.2. The van der Waals surface area contributed by atoms with Crippen molar-refractivity contribution in [1.29, 1.82) is 0 Å². The minimum Gasteiger partial charge on any atom is -0.326 e. The van der Waals surface area contributed by atoms with Gasteiger partial charge in [-0.05, 0) is 44.3 Å². The molecule has 0 bridgehead atoms. The molecule has 1 fully saturated rings. The van der Waals surface area contributed by atoms with Gasteiger partial charge in [0.1, 0.15) is 5.82 Å². The van der Waals surface area contributed by atoms with Crippen LogP contribution in [0.3, 0.4) is 0 Å². The van der Waals surface area contributed by atoms with Crippen LogP contribution in [0, 0.1) is 11.2 Å². The van der Waals surface area contributed by atoms with Gasteiger partial charge in [0.05, 0.1) is 6.04 Å². The van der Waals surface area contributed by atoms with Crippen LogP contribution >= 0.6 is 0 Å². The molecule has 2 unspecified atom stereocenters. The van der Waals surface area contributed by atoms with Crippen molar-refractivity contribution in [1.82, 2.24) is 4.90 Å². The summed E-state index contributed by atoms with van der Waals surface area (Å²) >= 11 is 0. The number of hydrogen-bond donors (Lipinski definition) is 1. The van der Waals surface area contributed by atoms with Gasteiger partial charge in [-0.3, -0.25) is 4.90 Å². The molecule has 0 saturated carbocycles. The smallest absolute Gasteiger partial charge is 0.128 e. The Morgan fingerprint density at radius 2 is 1.76 bits per heavy atom. The molecule has 1 heterocycles. The van der Waals surface area contributed by atoms with Gasteiger partial charge < -0.3 is 5.73 Å². The van der Waals surface area contributed by atoms with Crippen LogP contribution in [0.25, 0.3) is 0 Å². The third-order valence-electron chi connectivity index (χ3n) is 5.47. The molecule has 1 saturated heterocycles. The lowest BCUT2D eigenvalue weighted by molar-refractivity contribution is 0.0575. The van der Waals surface area contributed by atoms with E-state index in [0.717, 1.165) is 18.7 Å². The van der Waals surface area contributed by atoms with E-state index >= 15 is 0 Å². The molecule has 1 aliphatic heterocycles. The standard InChI is InChI=1S/C18H29FN2/c1-4-18(5-2)10-12-21(13-11-18)17(14(3)20)15-8-6-7-9-16(15)19/h6-9,14,17H,4-5,10-13,20H2,1-3H3. The summed E-state index contributed by atoms with van der Waals surface area (Å²) in [5.41, 5.74) is 7.42.